The van der Waals surface area contributed by atoms with Gasteiger partial charge in [0.05, 0.1) is 5.69 Å². The molecule has 0 spiro atoms. The van der Waals surface area contributed by atoms with Crippen LogP contribution in [-0.2, 0) is 4.79 Å². The molecule has 0 unspecified atom stereocenters. The first-order valence-corrected chi connectivity index (χ1v) is 6.74. The second-order valence-electron chi connectivity index (χ2n) is 4.52. The molecule has 1 aliphatic rings. The van der Waals surface area contributed by atoms with Gasteiger partial charge in [-0.15, -0.1) is 0 Å². The number of carbonyl (C=O) groups is 1. The van der Waals surface area contributed by atoms with Crippen molar-refractivity contribution in [1.82, 2.24) is 5.32 Å². The third-order valence-corrected chi connectivity index (χ3v) is 3.36. The second-order valence-corrected chi connectivity index (χ2v) is 4.90. The van der Waals surface area contributed by atoms with E-state index in [1.165, 1.54) is 17.0 Å². The van der Waals surface area contributed by atoms with E-state index in [2.05, 4.69) is 5.32 Å². The molecule has 3 nitrogen and oxygen atoms in total. The van der Waals surface area contributed by atoms with Crippen LogP contribution in [0.3, 0.4) is 0 Å². The van der Waals surface area contributed by atoms with Gasteiger partial charge in [-0.1, -0.05) is 30.3 Å². The van der Waals surface area contributed by atoms with Gasteiger partial charge in [-0.3, -0.25) is 9.69 Å². The number of hydrogen-bond donors (Lipinski definition) is 1. The second kappa shape index (κ2) is 5.46. The summed E-state index contributed by atoms with van der Waals surface area (Å²) in [6.07, 6.45) is 1.65. The molecule has 1 aliphatic heterocycles. The van der Waals surface area contributed by atoms with Crippen molar-refractivity contribution in [2.45, 2.75) is 0 Å². The monoisotopic (exact) mass is 298 g/mol. The number of hydrogen-bond acceptors (Lipinski definition) is 2. The highest BCUT2D eigenvalue weighted by Crippen LogP contribution is 2.22. The van der Waals surface area contributed by atoms with Crippen LogP contribution in [0.15, 0.2) is 60.3 Å². The Labute approximate surface area is 126 Å². The first-order valence-electron chi connectivity index (χ1n) is 6.33. The molecule has 0 bridgehead atoms. The Hall–Kier alpha value is -2.53. The molecule has 1 saturated heterocycles. The molecule has 0 saturated carbocycles. The van der Waals surface area contributed by atoms with Crippen molar-refractivity contribution < 1.29 is 9.18 Å². The van der Waals surface area contributed by atoms with Crippen molar-refractivity contribution >= 4 is 35.0 Å². The normalized spacial score (nSPS) is 16.4. The number of nitrogens with zero attached hydrogens (tertiary/aromatic N) is 1. The maximum atomic E-state index is 12.9. The zero-order valence-corrected chi connectivity index (χ0v) is 11.7. The standard InChI is InChI=1S/C16H11FN2OS/c17-12-8-6-11(7-9-12)10-14-15(20)19(16(21)18-14)13-4-2-1-3-5-13/h1-10H,(H,18,21)/b14-10-. The van der Waals surface area contributed by atoms with Crippen molar-refractivity contribution in [2.75, 3.05) is 4.90 Å². The van der Waals surface area contributed by atoms with Crippen LogP contribution in [0.25, 0.3) is 6.08 Å². The SMILES string of the molecule is O=C1/C(=C/c2ccc(F)cc2)NC(=S)N1c1ccccc1. The van der Waals surface area contributed by atoms with Crippen molar-refractivity contribution in [2.24, 2.45) is 0 Å². The first kappa shape index (κ1) is 13.5. The summed E-state index contributed by atoms with van der Waals surface area (Å²) in [5, 5.41) is 3.22. The fourth-order valence-electron chi connectivity index (χ4n) is 2.07. The van der Waals surface area contributed by atoms with Gasteiger partial charge in [-0.25, -0.2) is 4.39 Å². The Bertz CT molecular complexity index is 726. The highest BCUT2D eigenvalue weighted by atomic mass is 32.1. The van der Waals surface area contributed by atoms with E-state index in [1.54, 1.807) is 18.2 Å². The van der Waals surface area contributed by atoms with E-state index < -0.39 is 0 Å². The van der Waals surface area contributed by atoms with Crippen LogP contribution < -0.4 is 10.2 Å². The Morgan fingerprint density at radius 3 is 2.38 bits per heavy atom. The van der Waals surface area contributed by atoms with Crippen LogP contribution in [0.1, 0.15) is 5.56 Å². The molecule has 21 heavy (non-hydrogen) atoms. The number of para-hydroxylation sites is 1. The topological polar surface area (TPSA) is 32.3 Å². The fourth-order valence-corrected chi connectivity index (χ4v) is 2.37. The van der Waals surface area contributed by atoms with Gasteiger partial charge in [0.25, 0.3) is 5.91 Å². The van der Waals surface area contributed by atoms with E-state index in [-0.39, 0.29) is 11.7 Å². The number of anilines is 1. The van der Waals surface area contributed by atoms with Gasteiger partial charge in [0.1, 0.15) is 11.5 Å². The molecule has 1 amide bonds. The Morgan fingerprint density at radius 1 is 1.05 bits per heavy atom. The van der Waals surface area contributed by atoms with Gasteiger partial charge in [0.2, 0.25) is 0 Å². The minimum Gasteiger partial charge on any atom is -0.327 e. The lowest BCUT2D eigenvalue weighted by Crippen LogP contribution is -2.30. The average Bonchev–Trinajstić information content (AvgIpc) is 2.77. The summed E-state index contributed by atoms with van der Waals surface area (Å²) < 4.78 is 12.9. The van der Waals surface area contributed by atoms with Crippen molar-refractivity contribution in [1.29, 1.82) is 0 Å². The summed E-state index contributed by atoms with van der Waals surface area (Å²) >= 11 is 5.21. The number of halogens is 1. The third-order valence-electron chi connectivity index (χ3n) is 3.07. The summed E-state index contributed by atoms with van der Waals surface area (Å²) in [5.41, 5.74) is 1.81. The number of thiocarbonyl (C=S) groups is 1. The highest BCUT2D eigenvalue weighted by Gasteiger charge is 2.31. The van der Waals surface area contributed by atoms with Crippen LogP contribution in [0.5, 0.6) is 0 Å². The lowest BCUT2D eigenvalue weighted by Gasteiger charge is -2.13. The molecule has 1 fully saturated rings. The molecule has 2 aromatic carbocycles. The number of nitrogens with one attached hydrogen (secondary N) is 1. The van der Waals surface area contributed by atoms with E-state index in [4.69, 9.17) is 12.2 Å². The Morgan fingerprint density at radius 2 is 1.71 bits per heavy atom. The number of benzene rings is 2. The van der Waals surface area contributed by atoms with Crippen LogP contribution in [0.4, 0.5) is 10.1 Å². The highest BCUT2D eigenvalue weighted by molar-refractivity contribution is 7.80. The van der Waals surface area contributed by atoms with Crippen LogP contribution >= 0.6 is 12.2 Å². The average molecular weight is 298 g/mol. The minimum atomic E-state index is -0.315. The van der Waals surface area contributed by atoms with Gasteiger partial charge >= 0.3 is 0 Å². The van der Waals surface area contributed by atoms with E-state index in [1.807, 2.05) is 30.3 Å². The van der Waals surface area contributed by atoms with Crippen molar-refractivity contribution in [3.8, 4) is 0 Å². The Balaban J connectivity index is 1.92. The molecular weight excluding hydrogens is 287 g/mol. The lowest BCUT2D eigenvalue weighted by molar-refractivity contribution is -0.113. The molecule has 3 rings (SSSR count). The van der Waals surface area contributed by atoms with Crippen LogP contribution in [0, 0.1) is 5.82 Å². The predicted molar refractivity (Wildman–Crippen MR) is 84.0 cm³/mol. The predicted octanol–water partition coefficient (Wildman–Crippen LogP) is 3.09. The first-order chi connectivity index (χ1) is 10.1. The zero-order valence-electron chi connectivity index (χ0n) is 10.9. The fraction of sp³-hybridized carbons (Fsp3) is 0. The number of amides is 1. The van der Waals surface area contributed by atoms with E-state index in [0.29, 0.717) is 16.5 Å². The van der Waals surface area contributed by atoms with E-state index in [0.717, 1.165) is 5.56 Å². The number of carbonyl (C=O) groups excluding carboxylic acids is 1. The van der Waals surface area contributed by atoms with Gasteiger partial charge in [0, 0.05) is 0 Å². The molecular formula is C16H11FN2OS. The summed E-state index contributed by atoms with van der Waals surface area (Å²) in [5.74, 6) is -0.542. The van der Waals surface area contributed by atoms with Gasteiger partial charge in [-0.2, -0.15) is 0 Å². The Kier molecular flexibility index (Phi) is 3.50. The minimum absolute atomic E-state index is 0.226. The van der Waals surface area contributed by atoms with Gasteiger partial charge < -0.3 is 5.32 Å². The summed E-state index contributed by atoms with van der Waals surface area (Å²) in [6.45, 7) is 0. The molecule has 0 radical (unpaired) electrons. The third kappa shape index (κ3) is 2.68. The van der Waals surface area contributed by atoms with Crippen LogP contribution in [-0.4, -0.2) is 11.0 Å². The molecule has 5 heteroatoms. The van der Waals surface area contributed by atoms with Gasteiger partial charge in [-0.05, 0) is 48.1 Å². The molecule has 1 heterocycles. The van der Waals surface area contributed by atoms with Crippen molar-refractivity contribution in [3.05, 3.63) is 71.7 Å². The summed E-state index contributed by atoms with van der Waals surface area (Å²) in [7, 11) is 0. The smallest absolute Gasteiger partial charge is 0.281 e. The molecule has 1 N–H and O–H groups in total. The summed E-state index contributed by atoms with van der Waals surface area (Å²) in [6, 6.07) is 15.1. The lowest BCUT2D eigenvalue weighted by atomic mass is 10.2. The van der Waals surface area contributed by atoms with E-state index >= 15 is 0 Å². The molecule has 0 aliphatic carbocycles. The maximum Gasteiger partial charge on any atom is 0.281 e. The van der Waals surface area contributed by atoms with E-state index in [9.17, 15) is 9.18 Å². The zero-order chi connectivity index (χ0) is 14.8. The van der Waals surface area contributed by atoms with Crippen molar-refractivity contribution in [3.63, 3.8) is 0 Å². The molecule has 0 aromatic heterocycles. The maximum absolute atomic E-state index is 12.9. The van der Waals surface area contributed by atoms with Gasteiger partial charge in [0.15, 0.2) is 5.11 Å². The molecule has 104 valence electrons. The molecule has 0 atom stereocenters. The molecule has 2 aromatic rings. The number of rotatable bonds is 2. The quantitative estimate of drug-likeness (QED) is 0.683. The largest absolute Gasteiger partial charge is 0.327 e. The summed E-state index contributed by atoms with van der Waals surface area (Å²) in [4.78, 5) is 13.9. The van der Waals surface area contributed by atoms with Crippen LogP contribution in [0.2, 0.25) is 0 Å².